The molecule has 6 nitrogen and oxygen atoms in total. The van der Waals surface area contributed by atoms with E-state index in [-0.39, 0.29) is 12.5 Å². The van der Waals surface area contributed by atoms with Gasteiger partial charge in [0.15, 0.2) is 18.1 Å². The summed E-state index contributed by atoms with van der Waals surface area (Å²) in [7, 11) is 2.13. The number of rotatable bonds is 7. The Balaban J connectivity index is 1.62. The molecule has 0 aliphatic carbocycles. The standard InChI is InChI=1S/C21H27N3O3/c1-3-26-19-10-6-7-11-20(19)27-16-21(25)22-17-8-4-5-9-18(17)24-14-12-23(2)13-15-24/h4-11H,3,12-16H2,1-2H3,(H,22,25). The Bertz CT molecular complexity index is 758. The first-order valence-electron chi connectivity index (χ1n) is 9.34. The molecule has 27 heavy (non-hydrogen) atoms. The first kappa shape index (κ1) is 19.0. The highest BCUT2D eigenvalue weighted by Crippen LogP contribution is 2.28. The molecule has 0 atom stereocenters. The van der Waals surface area contributed by atoms with Crippen molar-refractivity contribution < 1.29 is 14.3 Å². The summed E-state index contributed by atoms with van der Waals surface area (Å²) >= 11 is 0. The van der Waals surface area contributed by atoms with E-state index in [2.05, 4.69) is 22.2 Å². The third-order valence-corrected chi connectivity index (χ3v) is 4.53. The molecule has 0 bridgehead atoms. The van der Waals surface area contributed by atoms with Crippen molar-refractivity contribution in [1.82, 2.24) is 4.90 Å². The molecule has 1 fully saturated rings. The van der Waals surface area contributed by atoms with Crippen molar-refractivity contribution in [3.05, 3.63) is 48.5 Å². The molecule has 0 aromatic heterocycles. The number of amides is 1. The smallest absolute Gasteiger partial charge is 0.262 e. The first-order valence-corrected chi connectivity index (χ1v) is 9.34. The molecule has 1 aliphatic rings. The monoisotopic (exact) mass is 369 g/mol. The zero-order chi connectivity index (χ0) is 19.1. The highest BCUT2D eigenvalue weighted by atomic mass is 16.5. The maximum Gasteiger partial charge on any atom is 0.262 e. The van der Waals surface area contributed by atoms with Crippen molar-refractivity contribution in [2.45, 2.75) is 6.92 Å². The van der Waals surface area contributed by atoms with Gasteiger partial charge in [-0.25, -0.2) is 0 Å². The van der Waals surface area contributed by atoms with Crippen LogP contribution in [0.4, 0.5) is 11.4 Å². The van der Waals surface area contributed by atoms with Crippen LogP contribution in [0.2, 0.25) is 0 Å². The summed E-state index contributed by atoms with van der Waals surface area (Å²) in [6.45, 7) is 6.31. The van der Waals surface area contributed by atoms with Gasteiger partial charge in [0.1, 0.15) is 0 Å². The molecule has 1 saturated heterocycles. The van der Waals surface area contributed by atoms with Crippen LogP contribution in [0.1, 0.15) is 6.92 Å². The molecule has 0 spiro atoms. The fourth-order valence-electron chi connectivity index (χ4n) is 3.08. The Labute approximate surface area is 160 Å². The van der Waals surface area contributed by atoms with Crippen molar-refractivity contribution in [2.24, 2.45) is 0 Å². The number of hydrogen-bond donors (Lipinski definition) is 1. The van der Waals surface area contributed by atoms with E-state index >= 15 is 0 Å². The van der Waals surface area contributed by atoms with Crippen LogP contribution in [0.3, 0.4) is 0 Å². The number of hydrogen-bond acceptors (Lipinski definition) is 5. The topological polar surface area (TPSA) is 54.0 Å². The molecule has 1 amide bonds. The first-order chi connectivity index (χ1) is 13.2. The van der Waals surface area contributed by atoms with Crippen molar-refractivity contribution in [1.29, 1.82) is 0 Å². The molecule has 144 valence electrons. The average Bonchev–Trinajstić information content (AvgIpc) is 2.69. The fraction of sp³-hybridized carbons (Fsp3) is 0.381. The van der Waals surface area contributed by atoms with Gasteiger partial charge in [-0.2, -0.15) is 0 Å². The van der Waals surface area contributed by atoms with E-state index in [4.69, 9.17) is 9.47 Å². The minimum absolute atomic E-state index is 0.0683. The van der Waals surface area contributed by atoms with E-state index in [0.717, 1.165) is 37.6 Å². The van der Waals surface area contributed by atoms with E-state index < -0.39 is 0 Å². The van der Waals surface area contributed by atoms with Crippen LogP contribution >= 0.6 is 0 Å². The number of para-hydroxylation sites is 4. The molecule has 1 heterocycles. The second kappa shape index (κ2) is 9.28. The molecule has 2 aromatic rings. The summed E-state index contributed by atoms with van der Waals surface area (Å²) in [5.41, 5.74) is 1.86. The number of anilines is 2. The van der Waals surface area contributed by atoms with Crippen LogP contribution in [0.15, 0.2) is 48.5 Å². The lowest BCUT2D eigenvalue weighted by atomic mass is 10.2. The lowest BCUT2D eigenvalue weighted by Gasteiger charge is -2.35. The lowest BCUT2D eigenvalue weighted by Crippen LogP contribution is -2.44. The molecular formula is C21H27N3O3. The Morgan fingerprint density at radius 3 is 2.30 bits per heavy atom. The number of carbonyl (C=O) groups excluding carboxylic acids is 1. The second-order valence-corrected chi connectivity index (χ2v) is 6.52. The van der Waals surface area contributed by atoms with E-state index in [0.29, 0.717) is 18.1 Å². The molecule has 1 N–H and O–H groups in total. The van der Waals surface area contributed by atoms with Gasteiger partial charge >= 0.3 is 0 Å². The zero-order valence-electron chi connectivity index (χ0n) is 16.0. The van der Waals surface area contributed by atoms with Crippen LogP contribution in [0.5, 0.6) is 11.5 Å². The maximum atomic E-state index is 12.4. The zero-order valence-corrected chi connectivity index (χ0v) is 16.0. The Morgan fingerprint density at radius 2 is 1.59 bits per heavy atom. The van der Waals surface area contributed by atoms with E-state index in [9.17, 15) is 4.79 Å². The largest absolute Gasteiger partial charge is 0.490 e. The number of nitrogens with zero attached hydrogens (tertiary/aromatic N) is 2. The van der Waals surface area contributed by atoms with Crippen molar-refractivity contribution in [3.8, 4) is 11.5 Å². The van der Waals surface area contributed by atoms with E-state index in [1.54, 1.807) is 6.07 Å². The van der Waals surface area contributed by atoms with E-state index in [1.807, 2.05) is 49.4 Å². The Hall–Kier alpha value is -2.73. The summed E-state index contributed by atoms with van der Waals surface area (Å²) < 4.78 is 11.2. The van der Waals surface area contributed by atoms with Crippen LogP contribution in [0.25, 0.3) is 0 Å². The molecule has 0 radical (unpaired) electrons. The number of carbonyl (C=O) groups is 1. The summed E-state index contributed by atoms with van der Waals surface area (Å²) in [6, 6.07) is 15.3. The van der Waals surface area contributed by atoms with Gasteiger partial charge in [0.05, 0.1) is 18.0 Å². The third-order valence-electron chi connectivity index (χ3n) is 4.53. The number of piperazine rings is 1. The molecule has 2 aromatic carbocycles. The van der Waals surface area contributed by atoms with Gasteiger partial charge < -0.3 is 24.6 Å². The number of ether oxygens (including phenoxy) is 2. The number of benzene rings is 2. The van der Waals surface area contributed by atoms with Gasteiger partial charge in [0.25, 0.3) is 5.91 Å². The van der Waals surface area contributed by atoms with Crippen LogP contribution in [0, 0.1) is 0 Å². The summed E-state index contributed by atoms with van der Waals surface area (Å²) in [5, 5.41) is 2.98. The second-order valence-electron chi connectivity index (χ2n) is 6.52. The molecule has 3 rings (SSSR count). The summed E-state index contributed by atoms with van der Waals surface area (Å²) in [5.74, 6) is 1.02. The maximum absolute atomic E-state index is 12.4. The van der Waals surface area contributed by atoms with Crippen molar-refractivity contribution in [2.75, 3.05) is 56.7 Å². The molecular weight excluding hydrogens is 342 g/mol. The van der Waals surface area contributed by atoms with Gasteiger partial charge in [-0.15, -0.1) is 0 Å². The minimum atomic E-state index is -0.192. The summed E-state index contributed by atoms with van der Waals surface area (Å²) in [6.07, 6.45) is 0. The number of likely N-dealkylation sites (N-methyl/N-ethyl adjacent to an activating group) is 1. The molecule has 0 unspecified atom stereocenters. The molecule has 0 saturated carbocycles. The molecule has 1 aliphatic heterocycles. The minimum Gasteiger partial charge on any atom is -0.490 e. The van der Waals surface area contributed by atoms with Crippen LogP contribution in [-0.2, 0) is 4.79 Å². The van der Waals surface area contributed by atoms with Crippen molar-refractivity contribution in [3.63, 3.8) is 0 Å². The van der Waals surface area contributed by atoms with Gasteiger partial charge in [0.2, 0.25) is 0 Å². The van der Waals surface area contributed by atoms with Gasteiger partial charge in [-0.05, 0) is 38.2 Å². The Kier molecular flexibility index (Phi) is 6.54. The quantitative estimate of drug-likeness (QED) is 0.813. The highest BCUT2D eigenvalue weighted by molar-refractivity contribution is 5.95. The van der Waals surface area contributed by atoms with Gasteiger partial charge in [-0.3, -0.25) is 4.79 Å². The number of nitrogens with one attached hydrogen (secondary N) is 1. The highest BCUT2D eigenvalue weighted by Gasteiger charge is 2.18. The third kappa shape index (κ3) is 5.14. The fourth-order valence-corrected chi connectivity index (χ4v) is 3.08. The lowest BCUT2D eigenvalue weighted by molar-refractivity contribution is -0.118. The van der Waals surface area contributed by atoms with Gasteiger partial charge in [-0.1, -0.05) is 24.3 Å². The van der Waals surface area contributed by atoms with Gasteiger partial charge in [0, 0.05) is 26.2 Å². The van der Waals surface area contributed by atoms with E-state index in [1.165, 1.54) is 0 Å². The van der Waals surface area contributed by atoms with Crippen molar-refractivity contribution >= 4 is 17.3 Å². The van der Waals surface area contributed by atoms with Crippen LogP contribution in [-0.4, -0.2) is 57.2 Å². The predicted molar refractivity (Wildman–Crippen MR) is 108 cm³/mol. The SMILES string of the molecule is CCOc1ccccc1OCC(=O)Nc1ccccc1N1CCN(C)CC1. The normalized spacial score (nSPS) is 14.7. The Morgan fingerprint density at radius 1 is 0.963 bits per heavy atom. The predicted octanol–water partition coefficient (Wildman–Crippen LogP) is 2.85. The van der Waals surface area contributed by atoms with Crippen LogP contribution < -0.4 is 19.7 Å². The average molecular weight is 369 g/mol. The summed E-state index contributed by atoms with van der Waals surface area (Å²) in [4.78, 5) is 17.1. The molecule has 6 heteroatoms.